The molecule has 1 atom stereocenters. The zero-order chi connectivity index (χ0) is 11.5. The van der Waals surface area contributed by atoms with Crippen LogP contribution < -0.4 is 10.6 Å². The van der Waals surface area contributed by atoms with E-state index >= 15 is 0 Å². The summed E-state index contributed by atoms with van der Waals surface area (Å²) in [5, 5.41) is 6.88. The summed E-state index contributed by atoms with van der Waals surface area (Å²) in [5.74, 6) is 0. The van der Waals surface area contributed by atoms with Crippen LogP contribution in [0.3, 0.4) is 0 Å². The van der Waals surface area contributed by atoms with Gasteiger partial charge in [0, 0.05) is 18.3 Å². The number of H-pyrrole nitrogens is 1. The normalized spacial score (nSPS) is 19.4. The van der Waals surface area contributed by atoms with E-state index in [0.29, 0.717) is 6.04 Å². The lowest BCUT2D eigenvalue weighted by Gasteiger charge is -2.12. The van der Waals surface area contributed by atoms with Gasteiger partial charge in [0.2, 0.25) is 0 Å². The molecule has 0 saturated carbocycles. The van der Waals surface area contributed by atoms with E-state index in [1.807, 2.05) is 6.20 Å². The predicted molar refractivity (Wildman–Crippen MR) is 68.9 cm³/mol. The summed E-state index contributed by atoms with van der Waals surface area (Å²) in [6, 6.07) is 9.02. The highest BCUT2D eigenvalue weighted by Gasteiger charge is 2.13. The molecular weight excluding hydrogens is 212 g/mol. The fourth-order valence-electron chi connectivity index (χ4n) is 2.17. The van der Waals surface area contributed by atoms with Crippen molar-refractivity contribution in [1.29, 1.82) is 0 Å². The average Bonchev–Trinajstić information content (AvgIpc) is 3.01. The Morgan fingerprint density at radius 3 is 2.76 bits per heavy atom. The lowest BCUT2D eigenvalue weighted by Crippen LogP contribution is -2.21. The second-order valence-electron chi connectivity index (χ2n) is 4.38. The Morgan fingerprint density at radius 2 is 2.12 bits per heavy atom. The summed E-state index contributed by atoms with van der Waals surface area (Å²) in [4.78, 5) is 7.13. The maximum Gasteiger partial charge on any atom is 0.0924 e. The summed E-state index contributed by atoms with van der Waals surface area (Å²) in [6.45, 7) is 2.17. The molecule has 3 rings (SSSR count). The van der Waals surface area contributed by atoms with Gasteiger partial charge in [0.1, 0.15) is 0 Å². The fourth-order valence-corrected chi connectivity index (χ4v) is 2.17. The van der Waals surface area contributed by atoms with Crippen LogP contribution in [0.25, 0.3) is 11.3 Å². The molecule has 88 valence electrons. The highest BCUT2D eigenvalue weighted by Crippen LogP contribution is 2.19. The van der Waals surface area contributed by atoms with E-state index in [2.05, 4.69) is 44.9 Å². The maximum absolute atomic E-state index is 4.02. The van der Waals surface area contributed by atoms with Crippen molar-refractivity contribution in [2.24, 2.45) is 0 Å². The number of hydrogen-bond acceptors (Lipinski definition) is 3. The van der Waals surface area contributed by atoms with Gasteiger partial charge in [0.15, 0.2) is 0 Å². The van der Waals surface area contributed by atoms with Gasteiger partial charge in [-0.1, -0.05) is 12.1 Å². The van der Waals surface area contributed by atoms with E-state index in [1.54, 1.807) is 6.33 Å². The number of aromatic nitrogens is 2. The van der Waals surface area contributed by atoms with Crippen molar-refractivity contribution in [2.45, 2.75) is 12.5 Å². The maximum atomic E-state index is 4.02. The number of imidazole rings is 1. The molecular formula is C13H16N4. The van der Waals surface area contributed by atoms with E-state index in [-0.39, 0.29) is 0 Å². The lowest BCUT2D eigenvalue weighted by molar-refractivity contribution is 0.793. The molecule has 1 unspecified atom stereocenters. The molecule has 4 heteroatoms. The van der Waals surface area contributed by atoms with E-state index < -0.39 is 0 Å². The summed E-state index contributed by atoms with van der Waals surface area (Å²) >= 11 is 0. The minimum Gasteiger partial charge on any atom is -0.381 e. The minimum atomic E-state index is 0.563. The van der Waals surface area contributed by atoms with Gasteiger partial charge in [-0.2, -0.15) is 0 Å². The van der Waals surface area contributed by atoms with Crippen molar-refractivity contribution in [3.05, 3.63) is 36.8 Å². The highest BCUT2D eigenvalue weighted by molar-refractivity contribution is 5.62. The molecule has 0 spiro atoms. The van der Waals surface area contributed by atoms with Crippen molar-refractivity contribution in [3.63, 3.8) is 0 Å². The lowest BCUT2D eigenvalue weighted by atomic mass is 10.1. The first kappa shape index (κ1) is 10.4. The van der Waals surface area contributed by atoms with Gasteiger partial charge in [0.05, 0.1) is 18.2 Å². The van der Waals surface area contributed by atoms with Crippen LogP contribution >= 0.6 is 0 Å². The van der Waals surface area contributed by atoms with E-state index in [9.17, 15) is 0 Å². The van der Waals surface area contributed by atoms with Crippen molar-refractivity contribution in [3.8, 4) is 11.3 Å². The van der Waals surface area contributed by atoms with Crippen molar-refractivity contribution < 1.29 is 0 Å². The largest absolute Gasteiger partial charge is 0.381 e. The first-order chi connectivity index (χ1) is 8.42. The number of hydrogen-bond donors (Lipinski definition) is 3. The van der Waals surface area contributed by atoms with Crippen LogP contribution in [0.1, 0.15) is 6.42 Å². The van der Waals surface area contributed by atoms with Crippen LogP contribution in [0.4, 0.5) is 5.69 Å². The van der Waals surface area contributed by atoms with Gasteiger partial charge in [-0.3, -0.25) is 0 Å². The van der Waals surface area contributed by atoms with Crippen LogP contribution in [-0.2, 0) is 0 Å². The van der Waals surface area contributed by atoms with Gasteiger partial charge in [-0.15, -0.1) is 0 Å². The Labute approximate surface area is 100 Å². The van der Waals surface area contributed by atoms with Gasteiger partial charge >= 0.3 is 0 Å². The molecule has 17 heavy (non-hydrogen) atoms. The van der Waals surface area contributed by atoms with Crippen molar-refractivity contribution in [1.82, 2.24) is 15.3 Å². The van der Waals surface area contributed by atoms with Gasteiger partial charge in [-0.25, -0.2) is 4.98 Å². The van der Waals surface area contributed by atoms with E-state index in [0.717, 1.165) is 24.3 Å². The third-order valence-corrected chi connectivity index (χ3v) is 3.13. The number of rotatable bonds is 3. The first-order valence-electron chi connectivity index (χ1n) is 5.98. The predicted octanol–water partition coefficient (Wildman–Crippen LogP) is 1.85. The Hall–Kier alpha value is -1.81. The topological polar surface area (TPSA) is 52.7 Å². The second-order valence-corrected chi connectivity index (χ2v) is 4.38. The zero-order valence-corrected chi connectivity index (χ0v) is 9.61. The van der Waals surface area contributed by atoms with Crippen molar-refractivity contribution >= 4 is 5.69 Å². The molecule has 1 fully saturated rings. The molecule has 0 aliphatic carbocycles. The SMILES string of the molecule is c1ncc(-c2ccc(NC3CCNC3)cc2)[nH]1. The average molecular weight is 228 g/mol. The quantitative estimate of drug-likeness (QED) is 0.751. The van der Waals surface area contributed by atoms with Crippen LogP contribution in [0, 0.1) is 0 Å². The van der Waals surface area contributed by atoms with Crippen molar-refractivity contribution in [2.75, 3.05) is 18.4 Å². The molecule has 4 nitrogen and oxygen atoms in total. The number of anilines is 1. The first-order valence-corrected chi connectivity index (χ1v) is 5.98. The smallest absolute Gasteiger partial charge is 0.0924 e. The summed E-state index contributed by atoms with van der Waals surface area (Å²) in [6.07, 6.45) is 4.73. The zero-order valence-electron chi connectivity index (χ0n) is 9.61. The van der Waals surface area contributed by atoms with Crippen LogP contribution in [0.15, 0.2) is 36.8 Å². The summed E-state index contributed by atoms with van der Waals surface area (Å²) < 4.78 is 0. The van der Waals surface area contributed by atoms with Gasteiger partial charge < -0.3 is 15.6 Å². The molecule has 0 radical (unpaired) electrons. The Bertz CT molecular complexity index is 455. The third kappa shape index (κ3) is 2.31. The van der Waals surface area contributed by atoms with Crippen LogP contribution in [0.2, 0.25) is 0 Å². The molecule has 3 N–H and O–H groups in total. The molecule has 0 bridgehead atoms. The van der Waals surface area contributed by atoms with Gasteiger partial charge in [-0.05, 0) is 30.7 Å². The number of nitrogens with one attached hydrogen (secondary N) is 3. The second kappa shape index (κ2) is 4.59. The Morgan fingerprint density at radius 1 is 1.24 bits per heavy atom. The molecule has 1 aliphatic rings. The number of nitrogens with zero attached hydrogens (tertiary/aromatic N) is 1. The van der Waals surface area contributed by atoms with Crippen LogP contribution in [-0.4, -0.2) is 29.1 Å². The minimum absolute atomic E-state index is 0.563. The number of benzene rings is 1. The molecule has 2 heterocycles. The summed E-state index contributed by atoms with van der Waals surface area (Å²) in [7, 11) is 0. The highest BCUT2D eigenvalue weighted by atomic mass is 15.0. The Kier molecular flexibility index (Phi) is 2.80. The monoisotopic (exact) mass is 228 g/mol. The molecule has 1 aromatic carbocycles. The van der Waals surface area contributed by atoms with Gasteiger partial charge in [0.25, 0.3) is 0 Å². The van der Waals surface area contributed by atoms with E-state index in [4.69, 9.17) is 0 Å². The molecule has 1 aliphatic heterocycles. The Balaban J connectivity index is 1.71. The van der Waals surface area contributed by atoms with E-state index in [1.165, 1.54) is 12.1 Å². The third-order valence-electron chi connectivity index (χ3n) is 3.13. The standard InChI is InChI=1S/C13H16N4/c1-3-11(17-12-5-6-14-7-12)4-2-10(1)13-8-15-9-16-13/h1-4,8-9,12,14,17H,5-7H2,(H,15,16). The molecule has 1 saturated heterocycles. The fraction of sp³-hybridized carbons (Fsp3) is 0.308. The molecule has 0 amide bonds. The molecule has 2 aromatic rings. The van der Waals surface area contributed by atoms with Crippen LogP contribution in [0.5, 0.6) is 0 Å². The number of aromatic amines is 1. The summed E-state index contributed by atoms with van der Waals surface area (Å²) in [5.41, 5.74) is 3.40. The molecule has 1 aromatic heterocycles.